The number of hydrogen-bond donors (Lipinski definition) is 2. The van der Waals surface area contributed by atoms with Gasteiger partial charge in [-0.2, -0.15) is 0 Å². The number of imidazole rings is 1. The molecule has 5 rings (SSSR count). The zero-order valence-electron chi connectivity index (χ0n) is 18.0. The van der Waals surface area contributed by atoms with Crippen LogP contribution in [0.3, 0.4) is 0 Å². The van der Waals surface area contributed by atoms with Gasteiger partial charge < -0.3 is 16.0 Å². The summed E-state index contributed by atoms with van der Waals surface area (Å²) in [6, 6.07) is 13.7. The Bertz CT molecular complexity index is 1280. The van der Waals surface area contributed by atoms with Gasteiger partial charge in [-0.25, -0.2) is 15.0 Å². The van der Waals surface area contributed by atoms with E-state index in [1.165, 1.54) is 5.56 Å². The Morgan fingerprint density at radius 3 is 2.78 bits per heavy atom. The molecule has 0 atom stereocenters. The minimum atomic E-state index is -0.491. The van der Waals surface area contributed by atoms with Gasteiger partial charge in [-0.3, -0.25) is 9.20 Å². The van der Waals surface area contributed by atoms with Crippen molar-refractivity contribution in [3.05, 3.63) is 71.5 Å². The van der Waals surface area contributed by atoms with Crippen molar-refractivity contribution in [2.24, 2.45) is 5.73 Å². The Balaban J connectivity index is 1.62. The minimum absolute atomic E-state index is 0.417. The Kier molecular flexibility index (Phi) is 5.18. The Morgan fingerprint density at radius 2 is 1.97 bits per heavy atom. The number of fused-ring (bicyclic) bond motifs is 2. The molecule has 1 aromatic carbocycles. The lowest BCUT2D eigenvalue weighted by Gasteiger charge is -2.21. The highest BCUT2D eigenvalue weighted by molar-refractivity contribution is 5.99. The lowest BCUT2D eigenvalue weighted by atomic mass is 10.1. The molecule has 3 N–H and O–H groups in total. The number of nitrogens with zero attached hydrogens (tertiary/aromatic N) is 5. The molecule has 3 aromatic heterocycles. The van der Waals surface area contributed by atoms with Crippen LogP contribution in [0.15, 0.2) is 54.9 Å². The van der Waals surface area contributed by atoms with Crippen molar-refractivity contribution >= 4 is 23.1 Å². The summed E-state index contributed by atoms with van der Waals surface area (Å²) in [5.74, 6) is 2.34. The highest BCUT2D eigenvalue weighted by Crippen LogP contribution is 2.32. The normalized spacial score (nSPS) is 13.6. The molecule has 8 heteroatoms. The van der Waals surface area contributed by atoms with E-state index in [2.05, 4.69) is 34.4 Å². The van der Waals surface area contributed by atoms with E-state index in [4.69, 9.17) is 15.7 Å². The second kappa shape index (κ2) is 8.30. The van der Waals surface area contributed by atoms with Gasteiger partial charge in [0.25, 0.3) is 5.91 Å². The Morgan fingerprint density at radius 1 is 1.12 bits per heavy atom. The SMILES string of the molecule is CN1CCCCc2c(NCc3ccccc3)nc(-c3ncc4c(C(N)=O)cccn34)nc21. The predicted octanol–water partition coefficient (Wildman–Crippen LogP) is 3.27. The molecule has 0 saturated heterocycles. The van der Waals surface area contributed by atoms with Crippen LogP contribution in [0.2, 0.25) is 0 Å². The van der Waals surface area contributed by atoms with Crippen LogP contribution in [0, 0.1) is 0 Å². The van der Waals surface area contributed by atoms with E-state index in [1.807, 2.05) is 28.8 Å². The summed E-state index contributed by atoms with van der Waals surface area (Å²) in [5.41, 5.74) is 8.91. The summed E-state index contributed by atoms with van der Waals surface area (Å²) >= 11 is 0. The quantitative estimate of drug-likeness (QED) is 0.507. The van der Waals surface area contributed by atoms with E-state index >= 15 is 0 Å². The zero-order chi connectivity index (χ0) is 22.1. The minimum Gasteiger partial charge on any atom is -0.366 e. The molecule has 0 unspecified atom stereocenters. The average Bonchev–Trinajstić information content (AvgIpc) is 3.16. The molecule has 162 valence electrons. The van der Waals surface area contributed by atoms with Gasteiger partial charge in [-0.15, -0.1) is 0 Å². The molecule has 1 aliphatic heterocycles. The Hall–Kier alpha value is -3.94. The van der Waals surface area contributed by atoms with Gasteiger partial charge in [-0.05, 0) is 37.0 Å². The first-order chi connectivity index (χ1) is 15.6. The first kappa shape index (κ1) is 20.0. The van der Waals surface area contributed by atoms with Gasteiger partial charge in [0.1, 0.15) is 11.6 Å². The van der Waals surface area contributed by atoms with Crippen LogP contribution < -0.4 is 16.0 Å². The number of rotatable bonds is 5. The average molecular weight is 428 g/mol. The highest BCUT2D eigenvalue weighted by Gasteiger charge is 2.23. The lowest BCUT2D eigenvalue weighted by Crippen LogP contribution is -2.21. The molecule has 1 amide bonds. The molecule has 8 nitrogen and oxygen atoms in total. The second-order valence-corrected chi connectivity index (χ2v) is 8.04. The maximum atomic E-state index is 11.8. The fourth-order valence-electron chi connectivity index (χ4n) is 4.20. The van der Waals surface area contributed by atoms with Crippen LogP contribution in [0.4, 0.5) is 11.6 Å². The van der Waals surface area contributed by atoms with Gasteiger partial charge in [-0.1, -0.05) is 30.3 Å². The summed E-state index contributed by atoms with van der Waals surface area (Å²) in [4.78, 5) is 28.4. The lowest BCUT2D eigenvalue weighted by molar-refractivity contribution is 0.100. The van der Waals surface area contributed by atoms with Gasteiger partial charge in [0.15, 0.2) is 11.6 Å². The third-order valence-electron chi connectivity index (χ3n) is 5.86. The summed E-state index contributed by atoms with van der Waals surface area (Å²) in [7, 11) is 2.07. The van der Waals surface area contributed by atoms with Crippen LogP contribution in [0.1, 0.15) is 34.3 Å². The van der Waals surface area contributed by atoms with Gasteiger partial charge >= 0.3 is 0 Å². The number of nitrogens with one attached hydrogen (secondary N) is 1. The van der Waals surface area contributed by atoms with Crippen LogP contribution >= 0.6 is 0 Å². The summed E-state index contributed by atoms with van der Waals surface area (Å²) in [6.07, 6.45) is 6.61. The molecular weight excluding hydrogens is 402 g/mol. The smallest absolute Gasteiger partial charge is 0.250 e. The summed E-state index contributed by atoms with van der Waals surface area (Å²) in [5, 5.41) is 3.53. The predicted molar refractivity (Wildman–Crippen MR) is 125 cm³/mol. The topological polar surface area (TPSA) is 101 Å². The van der Waals surface area contributed by atoms with Crippen LogP contribution in [-0.2, 0) is 13.0 Å². The molecule has 0 saturated carbocycles. The highest BCUT2D eigenvalue weighted by atomic mass is 16.1. The monoisotopic (exact) mass is 427 g/mol. The number of carbonyl (C=O) groups excluding carboxylic acids is 1. The first-order valence-corrected chi connectivity index (χ1v) is 10.8. The van der Waals surface area contributed by atoms with Crippen LogP contribution in [0.5, 0.6) is 0 Å². The largest absolute Gasteiger partial charge is 0.366 e. The van der Waals surface area contributed by atoms with Crippen molar-refractivity contribution in [3.8, 4) is 11.6 Å². The fourth-order valence-corrected chi connectivity index (χ4v) is 4.20. The number of hydrogen-bond acceptors (Lipinski definition) is 6. The number of carbonyl (C=O) groups is 1. The molecule has 1 aliphatic rings. The Labute approximate surface area is 186 Å². The third-order valence-corrected chi connectivity index (χ3v) is 5.86. The van der Waals surface area contributed by atoms with Gasteiger partial charge in [0.05, 0.1) is 17.3 Å². The molecule has 0 bridgehead atoms. The van der Waals surface area contributed by atoms with Crippen molar-refractivity contribution in [1.29, 1.82) is 0 Å². The van der Waals surface area contributed by atoms with E-state index in [0.717, 1.165) is 43.0 Å². The number of aromatic nitrogens is 4. The number of amides is 1. The number of pyridine rings is 1. The maximum Gasteiger partial charge on any atom is 0.250 e. The van der Waals surface area contributed by atoms with Gasteiger partial charge in [0.2, 0.25) is 0 Å². The number of anilines is 2. The second-order valence-electron chi connectivity index (χ2n) is 8.04. The first-order valence-electron chi connectivity index (χ1n) is 10.8. The number of primary amides is 1. The summed E-state index contributed by atoms with van der Waals surface area (Å²) < 4.78 is 1.82. The zero-order valence-corrected chi connectivity index (χ0v) is 18.0. The van der Waals surface area contributed by atoms with E-state index < -0.39 is 5.91 Å². The maximum absolute atomic E-state index is 11.8. The van der Waals surface area contributed by atoms with E-state index in [9.17, 15) is 4.79 Å². The molecule has 4 aromatic rings. The van der Waals surface area contributed by atoms with Crippen molar-refractivity contribution in [3.63, 3.8) is 0 Å². The van der Waals surface area contributed by atoms with E-state index in [1.54, 1.807) is 18.3 Å². The third kappa shape index (κ3) is 3.64. The molecule has 4 heterocycles. The van der Waals surface area contributed by atoms with Crippen molar-refractivity contribution in [2.45, 2.75) is 25.8 Å². The fraction of sp³-hybridized carbons (Fsp3) is 0.250. The standard InChI is InChI=1S/C24H25N7O/c1-30-12-6-5-10-18-21(26-14-16-8-3-2-4-9-16)28-22(29-23(18)30)24-27-15-19-17(20(25)32)11-7-13-31(19)24/h2-4,7-9,11,13,15H,5-6,10,12,14H2,1H3,(H2,25,32)(H,26,28,29). The molecule has 0 spiro atoms. The number of benzene rings is 1. The molecule has 32 heavy (non-hydrogen) atoms. The molecule has 0 fully saturated rings. The molecule has 0 radical (unpaired) electrons. The van der Waals surface area contributed by atoms with Gasteiger partial charge in [0, 0.05) is 31.9 Å². The van der Waals surface area contributed by atoms with E-state index in [-0.39, 0.29) is 0 Å². The van der Waals surface area contributed by atoms with E-state index in [0.29, 0.717) is 29.3 Å². The summed E-state index contributed by atoms with van der Waals surface area (Å²) in [6.45, 7) is 1.61. The van der Waals surface area contributed by atoms with Crippen molar-refractivity contribution in [2.75, 3.05) is 23.8 Å². The number of nitrogens with two attached hydrogens (primary N) is 1. The van der Waals surface area contributed by atoms with Crippen molar-refractivity contribution in [1.82, 2.24) is 19.4 Å². The van der Waals surface area contributed by atoms with Crippen molar-refractivity contribution < 1.29 is 4.79 Å². The van der Waals surface area contributed by atoms with Crippen LogP contribution in [-0.4, -0.2) is 38.9 Å². The molecule has 0 aliphatic carbocycles. The molecular formula is C24H25N7O. The van der Waals surface area contributed by atoms with Crippen LogP contribution in [0.25, 0.3) is 17.2 Å².